The van der Waals surface area contributed by atoms with Crippen molar-refractivity contribution in [2.45, 2.75) is 59.4 Å². The van der Waals surface area contributed by atoms with Crippen LogP contribution in [-0.4, -0.2) is 47.4 Å². The Kier molecular flexibility index (Phi) is 5.74. The SMILES string of the molecule is COCC(C)(C)C(=O)N1CCC(C)(n2cc(CC(C)C)cn2)CC1. The van der Waals surface area contributed by atoms with Gasteiger partial charge in [0.2, 0.25) is 5.91 Å². The Labute approximate surface area is 146 Å². The van der Waals surface area contributed by atoms with Crippen molar-refractivity contribution in [3.05, 3.63) is 18.0 Å². The Hall–Kier alpha value is -1.36. The van der Waals surface area contributed by atoms with Crippen molar-refractivity contribution < 1.29 is 9.53 Å². The lowest BCUT2D eigenvalue weighted by molar-refractivity contribution is -0.145. The number of rotatable bonds is 6. The van der Waals surface area contributed by atoms with Crippen LogP contribution >= 0.6 is 0 Å². The number of piperidine rings is 1. The zero-order valence-electron chi connectivity index (χ0n) is 16.1. The number of ether oxygens (including phenoxy) is 1. The summed E-state index contributed by atoms with van der Waals surface area (Å²) in [4.78, 5) is 14.7. The molecule has 0 aliphatic carbocycles. The van der Waals surface area contributed by atoms with E-state index >= 15 is 0 Å². The predicted octanol–water partition coefficient (Wildman–Crippen LogP) is 3.09. The number of hydrogen-bond donors (Lipinski definition) is 0. The van der Waals surface area contributed by atoms with Gasteiger partial charge in [-0.25, -0.2) is 0 Å². The summed E-state index contributed by atoms with van der Waals surface area (Å²) in [7, 11) is 1.65. The average Bonchev–Trinajstić information content (AvgIpc) is 2.96. The molecule has 2 rings (SSSR count). The smallest absolute Gasteiger partial charge is 0.230 e. The molecular formula is C19H33N3O2. The van der Waals surface area contributed by atoms with Gasteiger partial charge in [-0.05, 0) is 51.5 Å². The van der Waals surface area contributed by atoms with Gasteiger partial charge < -0.3 is 9.64 Å². The largest absolute Gasteiger partial charge is 0.384 e. The van der Waals surface area contributed by atoms with Crippen molar-refractivity contribution in [3.63, 3.8) is 0 Å². The Morgan fingerprint density at radius 2 is 2.00 bits per heavy atom. The fourth-order valence-electron chi connectivity index (χ4n) is 3.50. The van der Waals surface area contributed by atoms with Crippen molar-refractivity contribution in [3.8, 4) is 0 Å². The topological polar surface area (TPSA) is 47.4 Å². The van der Waals surface area contributed by atoms with Crippen LogP contribution < -0.4 is 0 Å². The first-order valence-electron chi connectivity index (χ1n) is 9.00. The molecule has 1 saturated heterocycles. The molecule has 1 aliphatic heterocycles. The third-order valence-corrected chi connectivity index (χ3v) is 5.05. The lowest BCUT2D eigenvalue weighted by Gasteiger charge is -2.42. The minimum absolute atomic E-state index is 0.00257. The van der Waals surface area contributed by atoms with Crippen LogP contribution in [0.1, 0.15) is 53.0 Å². The van der Waals surface area contributed by atoms with E-state index in [1.54, 1.807) is 7.11 Å². The van der Waals surface area contributed by atoms with Gasteiger partial charge in [-0.2, -0.15) is 5.10 Å². The van der Waals surface area contributed by atoms with E-state index in [4.69, 9.17) is 4.74 Å². The molecule has 0 radical (unpaired) electrons. The summed E-state index contributed by atoms with van der Waals surface area (Å²) >= 11 is 0. The van der Waals surface area contributed by atoms with E-state index in [9.17, 15) is 4.79 Å². The molecule has 0 aromatic carbocycles. The van der Waals surface area contributed by atoms with Crippen LogP contribution in [0.25, 0.3) is 0 Å². The molecule has 0 bridgehead atoms. The van der Waals surface area contributed by atoms with E-state index in [0.717, 1.165) is 32.4 Å². The number of hydrogen-bond acceptors (Lipinski definition) is 3. The number of carbonyl (C=O) groups excluding carboxylic acids is 1. The monoisotopic (exact) mass is 335 g/mol. The minimum Gasteiger partial charge on any atom is -0.384 e. The lowest BCUT2D eigenvalue weighted by atomic mass is 9.86. The number of nitrogens with zero attached hydrogens (tertiary/aromatic N) is 3. The van der Waals surface area contributed by atoms with Gasteiger partial charge in [0.15, 0.2) is 0 Å². The summed E-state index contributed by atoms with van der Waals surface area (Å²) in [5.41, 5.74) is 0.835. The molecule has 136 valence electrons. The summed E-state index contributed by atoms with van der Waals surface area (Å²) in [5, 5.41) is 4.61. The Bertz CT molecular complexity index is 555. The van der Waals surface area contributed by atoms with E-state index in [1.165, 1.54) is 5.56 Å². The van der Waals surface area contributed by atoms with Gasteiger partial charge in [-0.15, -0.1) is 0 Å². The minimum atomic E-state index is -0.460. The van der Waals surface area contributed by atoms with Gasteiger partial charge in [-0.1, -0.05) is 13.8 Å². The molecule has 0 saturated carbocycles. The number of aromatic nitrogens is 2. The normalized spacial score (nSPS) is 18.2. The van der Waals surface area contributed by atoms with Crippen LogP contribution in [0.15, 0.2) is 12.4 Å². The maximum absolute atomic E-state index is 12.7. The van der Waals surface area contributed by atoms with E-state index in [0.29, 0.717) is 12.5 Å². The van der Waals surface area contributed by atoms with Gasteiger partial charge in [0.25, 0.3) is 0 Å². The first kappa shape index (κ1) is 19.0. The number of amides is 1. The fourth-order valence-corrected chi connectivity index (χ4v) is 3.50. The van der Waals surface area contributed by atoms with Gasteiger partial charge in [0.1, 0.15) is 0 Å². The van der Waals surface area contributed by atoms with Crippen LogP contribution in [0.2, 0.25) is 0 Å². The van der Waals surface area contributed by atoms with Crippen molar-refractivity contribution in [2.24, 2.45) is 11.3 Å². The predicted molar refractivity (Wildman–Crippen MR) is 95.9 cm³/mol. The van der Waals surface area contributed by atoms with Gasteiger partial charge >= 0.3 is 0 Å². The van der Waals surface area contributed by atoms with Crippen molar-refractivity contribution in [1.29, 1.82) is 0 Å². The molecule has 0 atom stereocenters. The number of methoxy groups -OCH3 is 1. The second-order valence-corrected chi connectivity index (χ2v) is 8.50. The van der Waals surface area contributed by atoms with Crippen LogP contribution in [0.4, 0.5) is 0 Å². The van der Waals surface area contributed by atoms with Gasteiger partial charge in [-0.3, -0.25) is 9.48 Å². The van der Waals surface area contributed by atoms with Crippen molar-refractivity contribution in [1.82, 2.24) is 14.7 Å². The summed E-state index contributed by atoms with van der Waals surface area (Å²) < 4.78 is 7.32. The van der Waals surface area contributed by atoms with Gasteiger partial charge in [0, 0.05) is 26.4 Å². The molecular weight excluding hydrogens is 302 g/mol. The highest BCUT2D eigenvalue weighted by Crippen LogP contribution is 2.31. The van der Waals surface area contributed by atoms with Crippen LogP contribution in [0.5, 0.6) is 0 Å². The molecule has 1 aromatic rings. The molecule has 5 nitrogen and oxygen atoms in total. The van der Waals surface area contributed by atoms with Crippen molar-refractivity contribution >= 4 is 5.91 Å². The molecule has 1 amide bonds. The Morgan fingerprint density at radius 3 is 2.54 bits per heavy atom. The molecule has 0 unspecified atom stereocenters. The number of carbonyl (C=O) groups is 1. The number of likely N-dealkylation sites (tertiary alicyclic amines) is 1. The molecule has 5 heteroatoms. The second-order valence-electron chi connectivity index (χ2n) is 8.50. The molecule has 0 N–H and O–H groups in total. The third kappa shape index (κ3) is 4.18. The maximum atomic E-state index is 12.7. The van der Waals surface area contributed by atoms with Crippen LogP contribution in [0, 0.1) is 11.3 Å². The summed E-state index contributed by atoms with van der Waals surface area (Å²) in [5.74, 6) is 0.824. The maximum Gasteiger partial charge on any atom is 0.230 e. The molecule has 2 heterocycles. The Balaban J connectivity index is 2.00. The highest BCUT2D eigenvalue weighted by molar-refractivity contribution is 5.82. The highest BCUT2D eigenvalue weighted by atomic mass is 16.5. The first-order chi connectivity index (χ1) is 11.2. The zero-order valence-corrected chi connectivity index (χ0v) is 16.1. The molecule has 1 fully saturated rings. The van der Waals surface area contributed by atoms with E-state index in [1.807, 2.05) is 24.9 Å². The summed E-state index contributed by atoms with van der Waals surface area (Å²) in [6.07, 6.45) is 7.11. The Morgan fingerprint density at radius 1 is 1.38 bits per heavy atom. The standard InChI is InChI=1S/C19H33N3O2/c1-15(2)11-16-12-20-22(13-16)19(5)7-9-21(10-8-19)17(23)18(3,4)14-24-6/h12-13,15H,7-11,14H2,1-6H3. The third-order valence-electron chi connectivity index (χ3n) is 5.05. The summed E-state index contributed by atoms with van der Waals surface area (Å²) in [6, 6.07) is 0. The van der Waals surface area contributed by atoms with E-state index in [2.05, 4.69) is 36.7 Å². The quantitative estimate of drug-likeness (QED) is 0.802. The van der Waals surface area contributed by atoms with Crippen LogP contribution in [0.3, 0.4) is 0 Å². The average molecular weight is 335 g/mol. The zero-order chi connectivity index (χ0) is 18.0. The molecule has 0 spiro atoms. The van der Waals surface area contributed by atoms with E-state index < -0.39 is 5.41 Å². The first-order valence-corrected chi connectivity index (χ1v) is 9.00. The highest BCUT2D eigenvalue weighted by Gasteiger charge is 2.38. The van der Waals surface area contributed by atoms with Crippen LogP contribution in [-0.2, 0) is 21.5 Å². The molecule has 1 aliphatic rings. The lowest BCUT2D eigenvalue weighted by Crippen LogP contribution is -2.51. The second kappa shape index (κ2) is 7.26. The molecule has 24 heavy (non-hydrogen) atoms. The summed E-state index contributed by atoms with van der Waals surface area (Å²) in [6.45, 7) is 12.6. The molecule has 1 aromatic heterocycles. The van der Waals surface area contributed by atoms with Crippen molar-refractivity contribution in [2.75, 3.05) is 26.8 Å². The van der Waals surface area contributed by atoms with Gasteiger partial charge in [0.05, 0.1) is 23.8 Å². The fraction of sp³-hybridized carbons (Fsp3) is 0.789. The van der Waals surface area contributed by atoms with E-state index in [-0.39, 0.29) is 11.4 Å².